The zero-order valence-electron chi connectivity index (χ0n) is 15.2. The molecule has 1 N–H and O–H groups in total. The van der Waals surface area contributed by atoms with Gasteiger partial charge in [-0.25, -0.2) is 0 Å². The van der Waals surface area contributed by atoms with Gasteiger partial charge in [0.15, 0.2) is 0 Å². The first-order valence-corrected chi connectivity index (χ1v) is 9.36. The average Bonchev–Trinajstić information content (AvgIpc) is 3.20. The summed E-state index contributed by atoms with van der Waals surface area (Å²) in [5.41, 5.74) is 4.56. The van der Waals surface area contributed by atoms with E-state index in [2.05, 4.69) is 31.4 Å². The maximum absolute atomic E-state index is 12.4. The minimum absolute atomic E-state index is 0.104. The summed E-state index contributed by atoms with van der Waals surface area (Å²) in [6, 6.07) is 9.55. The molecule has 0 unspecified atom stereocenters. The molecule has 2 aromatic heterocycles. The maximum Gasteiger partial charge on any atom is 0.251 e. The number of benzene rings is 1. The Morgan fingerprint density at radius 3 is 2.69 bits per heavy atom. The summed E-state index contributed by atoms with van der Waals surface area (Å²) in [5, 5.41) is 11.8. The Hall–Kier alpha value is -2.41. The minimum Gasteiger partial charge on any atom is -0.346 e. The topological polar surface area (TPSA) is 64.7 Å². The Labute approximate surface area is 161 Å². The van der Waals surface area contributed by atoms with Gasteiger partial charge in [0.2, 0.25) is 0 Å². The fraction of sp³-hybridized carbons (Fsp3) is 0.316. The lowest BCUT2D eigenvalue weighted by molar-refractivity contribution is 0.0950. The molecule has 0 saturated heterocycles. The highest BCUT2D eigenvalue weighted by Crippen LogP contribution is 2.20. The summed E-state index contributed by atoms with van der Waals surface area (Å²) in [6.07, 6.45) is 1.91. The van der Waals surface area contributed by atoms with E-state index in [1.165, 1.54) is 0 Å². The Bertz CT molecular complexity index is 928. The Balaban J connectivity index is 1.67. The van der Waals surface area contributed by atoms with Gasteiger partial charge >= 0.3 is 0 Å². The molecule has 0 aliphatic carbocycles. The smallest absolute Gasteiger partial charge is 0.251 e. The molecule has 3 aromatic rings. The third-order valence-corrected chi connectivity index (χ3v) is 5.41. The van der Waals surface area contributed by atoms with E-state index < -0.39 is 0 Å². The van der Waals surface area contributed by atoms with Crippen LogP contribution in [0.15, 0.2) is 41.0 Å². The van der Waals surface area contributed by atoms with Crippen LogP contribution in [0.4, 0.5) is 0 Å². The van der Waals surface area contributed by atoms with Crippen LogP contribution in [0.1, 0.15) is 39.9 Å². The van der Waals surface area contributed by atoms with Crippen LogP contribution in [0.2, 0.25) is 0 Å². The molecule has 0 atom stereocenters. The third kappa shape index (κ3) is 4.04. The molecule has 0 saturated carbocycles. The molecule has 0 aliphatic heterocycles. The molecular weight excluding hydrogens is 394 g/mol. The molecule has 7 heteroatoms. The van der Waals surface area contributed by atoms with E-state index in [4.69, 9.17) is 0 Å². The maximum atomic E-state index is 12.4. The van der Waals surface area contributed by atoms with E-state index in [1.54, 1.807) is 0 Å². The number of carbonyl (C=O) groups excluding carboxylic acids is 1. The highest BCUT2D eigenvalue weighted by atomic mass is 79.9. The fourth-order valence-corrected chi connectivity index (χ4v) is 3.04. The van der Waals surface area contributed by atoms with Crippen molar-refractivity contribution >= 4 is 21.8 Å². The van der Waals surface area contributed by atoms with Gasteiger partial charge in [-0.2, -0.15) is 10.2 Å². The lowest BCUT2D eigenvalue weighted by Gasteiger charge is -2.08. The van der Waals surface area contributed by atoms with Crippen molar-refractivity contribution in [1.29, 1.82) is 0 Å². The molecule has 1 amide bonds. The highest BCUT2D eigenvalue weighted by Gasteiger charge is 2.11. The van der Waals surface area contributed by atoms with E-state index >= 15 is 0 Å². The van der Waals surface area contributed by atoms with Crippen molar-refractivity contribution in [2.45, 2.75) is 40.4 Å². The van der Waals surface area contributed by atoms with Crippen molar-refractivity contribution in [1.82, 2.24) is 24.9 Å². The van der Waals surface area contributed by atoms with E-state index in [-0.39, 0.29) is 5.91 Å². The number of nitrogens with zero attached hydrogens (tertiary/aromatic N) is 4. The van der Waals surface area contributed by atoms with Gasteiger partial charge in [0.1, 0.15) is 0 Å². The monoisotopic (exact) mass is 415 g/mol. The van der Waals surface area contributed by atoms with Gasteiger partial charge in [-0.05, 0) is 60.5 Å². The molecule has 26 heavy (non-hydrogen) atoms. The van der Waals surface area contributed by atoms with Crippen molar-refractivity contribution in [2.24, 2.45) is 0 Å². The summed E-state index contributed by atoms with van der Waals surface area (Å²) in [5.74, 6) is -0.104. The molecule has 0 fully saturated rings. The number of amides is 1. The van der Waals surface area contributed by atoms with Crippen molar-refractivity contribution in [3.8, 4) is 0 Å². The average molecular weight is 416 g/mol. The largest absolute Gasteiger partial charge is 0.346 e. The molecule has 2 heterocycles. The molecule has 6 nitrogen and oxygen atoms in total. The van der Waals surface area contributed by atoms with Crippen LogP contribution in [0, 0.1) is 13.8 Å². The van der Waals surface area contributed by atoms with Gasteiger partial charge in [-0.1, -0.05) is 12.1 Å². The van der Waals surface area contributed by atoms with Crippen LogP contribution in [-0.2, 0) is 19.6 Å². The van der Waals surface area contributed by atoms with Crippen LogP contribution in [0.3, 0.4) is 0 Å². The highest BCUT2D eigenvalue weighted by molar-refractivity contribution is 9.10. The van der Waals surface area contributed by atoms with E-state index in [0.717, 1.165) is 33.7 Å². The van der Waals surface area contributed by atoms with Crippen LogP contribution < -0.4 is 5.32 Å². The molecule has 3 rings (SSSR count). The van der Waals surface area contributed by atoms with Gasteiger partial charge < -0.3 is 5.32 Å². The van der Waals surface area contributed by atoms with Crippen LogP contribution in [0.5, 0.6) is 0 Å². The number of nitrogens with one attached hydrogen (secondary N) is 1. The number of hydrogen-bond acceptors (Lipinski definition) is 3. The first-order chi connectivity index (χ1) is 12.5. The molecule has 1 aromatic carbocycles. The molecule has 0 spiro atoms. The summed E-state index contributed by atoms with van der Waals surface area (Å²) in [7, 11) is 0. The van der Waals surface area contributed by atoms with Crippen LogP contribution in [-0.4, -0.2) is 25.5 Å². The molecule has 0 bridgehead atoms. The normalized spacial score (nSPS) is 10.9. The summed E-state index contributed by atoms with van der Waals surface area (Å²) in [6.45, 7) is 7.88. The Morgan fingerprint density at radius 1 is 1.23 bits per heavy atom. The number of aromatic nitrogens is 4. The standard InChI is InChI=1S/C19H22BrN5O/c1-4-24-9-8-17(23-24)11-21-19(26)16-7-5-6-15(10-16)12-25-14(3)18(20)13(2)22-25/h5-10H,4,11-12H2,1-3H3,(H,21,26). The second-order valence-corrected chi connectivity index (χ2v) is 6.98. The summed E-state index contributed by atoms with van der Waals surface area (Å²) < 4.78 is 4.81. The molecule has 0 aliphatic rings. The quantitative estimate of drug-likeness (QED) is 0.670. The van der Waals surface area contributed by atoms with Crippen molar-refractivity contribution < 1.29 is 4.79 Å². The first-order valence-electron chi connectivity index (χ1n) is 8.57. The zero-order valence-corrected chi connectivity index (χ0v) is 16.7. The van der Waals surface area contributed by atoms with Crippen molar-refractivity contribution in [2.75, 3.05) is 0 Å². The molecular formula is C19H22BrN5O. The second-order valence-electron chi connectivity index (χ2n) is 6.19. The number of rotatable bonds is 6. The number of aryl methyl sites for hydroxylation is 2. The Kier molecular flexibility index (Phi) is 5.56. The third-order valence-electron chi connectivity index (χ3n) is 4.26. The lowest BCUT2D eigenvalue weighted by atomic mass is 10.1. The van der Waals surface area contributed by atoms with Crippen LogP contribution >= 0.6 is 15.9 Å². The zero-order chi connectivity index (χ0) is 18.7. The van der Waals surface area contributed by atoms with Crippen molar-refractivity contribution in [3.63, 3.8) is 0 Å². The van der Waals surface area contributed by atoms with E-state index in [0.29, 0.717) is 18.7 Å². The SMILES string of the molecule is CCn1ccc(CNC(=O)c2cccc(Cn3nc(C)c(Br)c3C)c2)n1. The first kappa shape index (κ1) is 18.4. The number of halogens is 1. The van der Waals surface area contributed by atoms with Gasteiger partial charge in [-0.15, -0.1) is 0 Å². The van der Waals surface area contributed by atoms with Gasteiger partial charge in [0, 0.05) is 18.3 Å². The predicted octanol–water partition coefficient (Wildman–Crippen LogP) is 3.46. The summed E-state index contributed by atoms with van der Waals surface area (Å²) >= 11 is 3.55. The predicted molar refractivity (Wildman–Crippen MR) is 104 cm³/mol. The minimum atomic E-state index is -0.104. The van der Waals surface area contributed by atoms with Crippen molar-refractivity contribution in [3.05, 3.63) is 69.2 Å². The fourth-order valence-electron chi connectivity index (χ4n) is 2.76. The van der Waals surface area contributed by atoms with Gasteiger partial charge in [0.25, 0.3) is 5.91 Å². The number of carbonyl (C=O) groups is 1. The number of hydrogen-bond donors (Lipinski definition) is 1. The van der Waals surface area contributed by atoms with E-state index in [9.17, 15) is 4.79 Å². The lowest BCUT2D eigenvalue weighted by Crippen LogP contribution is -2.23. The summed E-state index contributed by atoms with van der Waals surface area (Å²) in [4.78, 5) is 12.4. The second kappa shape index (κ2) is 7.86. The van der Waals surface area contributed by atoms with E-state index in [1.807, 2.05) is 66.7 Å². The molecule has 0 radical (unpaired) electrons. The van der Waals surface area contributed by atoms with Gasteiger partial charge in [0.05, 0.1) is 34.6 Å². The molecule has 136 valence electrons. The van der Waals surface area contributed by atoms with Gasteiger partial charge in [-0.3, -0.25) is 14.2 Å². The Morgan fingerprint density at radius 2 is 2.04 bits per heavy atom. The van der Waals surface area contributed by atoms with Crippen LogP contribution in [0.25, 0.3) is 0 Å².